The molecule has 0 radical (unpaired) electrons. The van der Waals surface area contributed by atoms with E-state index in [1.165, 1.54) is 18.2 Å². The van der Waals surface area contributed by atoms with Gasteiger partial charge in [-0.05, 0) is 60.5 Å². The highest BCUT2D eigenvalue weighted by Gasteiger charge is 2.24. The maximum Gasteiger partial charge on any atom is 0.307 e. The highest BCUT2D eigenvalue weighted by molar-refractivity contribution is 5.99. The van der Waals surface area contributed by atoms with Gasteiger partial charge in [0, 0.05) is 18.4 Å². The van der Waals surface area contributed by atoms with Crippen molar-refractivity contribution in [2.24, 2.45) is 5.92 Å². The summed E-state index contributed by atoms with van der Waals surface area (Å²) in [7, 11) is 0. The lowest BCUT2D eigenvalue weighted by molar-refractivity contribution is -0.142. The molecule has 0 amide bonds. The van der Waals surface area contributed by atoms with Crippen LogP contribution in [0.2, 0.25) is 0 Å². The van der Waals surface area contributed by atoms with Crippen molar-refractivity contribution >= 4 is 33.6 Å². The van der Waals surface area contributed by atoms with E-state index in [0.29, 0.717) is 33.2 Å². The van der Waals surface area contributed by atoms with E-state index in [1.54, 1.807) is 54.6 Å². The molecule has 192 valence electrons. The Labute approximate surface area is 215 Å². The van der Waals surface area contributed by atoms with Gasteiger partial charge in [0.15, 0.2) is 11.5 Å². The van der Waals surface area contributed by atoms with Gasteiger partial charge in [-0.2, -0.15) is 0 Å². The molecule has 5 rings (SSSR count). The molecule has 1 unspecified atom stereocenters. The Morgan fingerprint density at radius 1 is 1.05 bits per heavy atom. The first kappa shape index (κ1) is 24.8. The standard InChI is InChI=1S/C28H22FN3O6/c29-20-5-3-4-17(12-20)16-37-21-8-9-25-19(13-21)15-26(38-25)24(33)14-18(28(35)36)10-11-32-27(34)22-6-1-2-7-23(22)30-31-32/h1-9,12-13,15,18H,10-11,14,16H2,(H,35,36). The Hall–Kier alpha value is -4.86. The highest BCUT2D eigenvalue weighted by Crippen LogP contribution is 2.27. The summed E-state index contributed by atoms with van der Waals surface area (Å²) in [5.41, 5.74) is 1.19. The molecule has 2 aromatic heterocycles. The molecule has 0 aliphatic carbocycles. The number of fused-ring (bicyclic) bond motifs is 2. The maximum absolute atomic E-state index is 13.4. The van der Waals surface area contributed by atoms with Crippen molar-refractivity contribution in [3.63, 3.8) is 0 Å². The van der Waals surface area contributed by atoms with Gasteiger partial charge in [0.05, 0.1) is 11.3 Å². The van der Waals surface area contributed by atoms with Crippen LogP contribution in [0.5, 0.6) is 5.75 Å². The fraction of sp³-hybridized carbons (Fsp3) is 0.179. The van der Waals surface area contributed by atoms with Crippen LogP contribution >= 0.6 is 0 Å². The number of carboxylic acids is 1. The summed E-state index contributed by atoms with van der Waals surface area (Å²) in [6.07, 6.45) is -0.305. The molecule has 0 saturated carbocycles. The van der Waals surface area contributed by atoms with Crippen LogP contribution in [0.4, 0.5) is 4.39 Å². The highest BCUT2D eigenvalue weighted by atomic mass is 19.1. The van der Waals surface area contributed by atoms with Crippen molar-refractivity contribution in [3.05, 3.63) is 100 Å². The molecular weight excluding hydrogens is 493 g/mol. The van der Waals surface area contributed by atoms with Crippen LogP contribution < -0.4 is 10.3 Å². The van der Waals surface area contributed by atoms with Crippen molar-refractivity contribution in [2.45, 2.75) is 26.0 Å². The molecule has 1 N–H and O–H groups in total. The Kier molecular flexibility index (Phi) is 6.94. The topological polar surface area (TPSA) is 125 Å². The number of ketones is 1. The third-order valence-electron chi connectivity index (χ3n) is 6.16. The number of Topliss-reactive ketones (excluding diaryl/α,β-unsaturated/α-hetero) is 1. The molecule has 9 nitrogen and oxygen atoms in total. The number of furan rings is 1. The van der Waals surface area contributed by atoms with Gasteiger partial charge in [0.2, 0.25) is 0 Å². The number of aliphatic carboxylic acids is 1. The molecule has 10 heteroatoms. The van der Waals surface area contributed by atoms with E-state index >= 15 is 0 Å². The maximum atomic E-state index is 13.4. The molecule has 0 spiro atoms. The van der Waals surface area contributed by atoms with E-state index in [9.17, 15) is 23.9 Å². The van der Waals surface area contributed by atoms with Gasteiger partial charge in [0.25, 0.3) is 5.56 Å². The molecule has 0 bridgehead atoms. The van der Waals surface area contributed by atoms with Crippen LogP contribution in [0.3, 0.4) is 0 Å². The second kappa shape index (κ2) is 10.6. The Bertz CT molecular complexity index is 1710. The fourth-order valence-electron chi connectivity index (χ4n) is 4.13. The van der Waals surface area contributed by atoms with Crippen LogP contribution in [-0.4, -0.2) is 31.9 Å². The molecule has 5 aromatic rings. The first-order chi connectivity index (χ1) is 18.4. The Balaban J connectivity index is 1.25. The lowest BCUT2D eigenvalue weighted by Gasteiger charge is -2.11. The lowest BCUT2D eigenvalue weighted by atomic mass is 9.98. The molecule has 3 aromatic carbocycles. The smallest absolute Gasteiger partial charge is 0.307 e. The zero-order valence-electron chi connectivity index (χ0n) is 20.0. The minimum Gasteiger partial charge on any atom is -0.489 e. The second-order valence-corrected chi connectivity index (χ2v) is 8.81. The van der Waals surface area contributed by atoms with Crippen LogP contribution in [0.15, 0.2) is 82.0 Å². The third kappa shape index (κ3) is 5.44. The molecule has 0 aliphatic heterocycles. The first-order valence-electron chi connectivity index (χ1n) is 11.9. The van der Waals surface area contributed by atoms with Gasteiger partial charge >= 0.3 is 5.97 Å². The summed E-state index contributed by atoms with van der Waals surface area (Å²) in [4.78, 5) is 37.4. The van der Waals surface area contributed by atoms with Crippen molar-refractivity contribution in [2.75, 3.05) is 0 Å². The number of rotatable bonds is 10. The Morgan fingerprint density at radius 3 is 2.71 bits per heavy atom. The number of hydrogen-bond acceptors (Lipinski definition) is 7. The molecule has 2 heterocycles. The van der Waals surface area contributed by atoms with E-state index in [2.05, 4.69) is 10.3 Å². The number of halogens is 1. The minimum atomic E-state index is -1.16. The number of aromatic nitrogens is 3. The summed E-state index contributed by atoms with van der Waals surface area (Å²) in [5.74, 6) is -2.52. The fourth-order valence-corrected chi connectivity index (χ4v) is 4.13. The monoisotopic (exact) mass is 515 g/mol. The van der Waals surface area contributed by atoms with E-state index in [4.69, 9.17) is 9.15 Å². The number of carbonyl (C=O) groups excluding carboxylic acids is 1. The zero-order chi connectivity index (χ0) is 26.6. The number of aryl methyl sites for hydroxylation is 1. The minimum absolute atomic E-state index is 0.00625. The van der Waals surface area contributed by atoms with Crippen molar-refractivity contribution in [1.82, 2.24) is 15.0 Å². The van der Waals surface area contributed by atoms with Crippen LogP contribution in [0.25, 0.3) is 21.9 Å². The number of hydrogen-bond donors (Lipinski definition) is 1. The van der Waals surface area contributed by atoms with Gasteiger partial charge in [-0.15, -0.1) is 5.10 Å². The molecule has 1 atom stereocenters. The van der Waals surface area contributed by atoms with Crippen molar-refractivity contribution in [3.8, 4) is 5.75 Å². The number of carbonyl (C=O) groups is 2. The molecule has 0 fully saturated rings. The van der Waals surface area contributed by atoms with E-state index in [-0.39, 0.29) is 43.1 Å². The average molecular weight is 515 g/mol. The quantitative estimate of drug-likeness (QED) is 0.267. The average Bonchev–Trinajstić information content (AvgIpc) is 3.34. The number of benzene rings is 3. The number of nitrogens with zero attached hydrogens (tertiary/aromatic N) is 3. The number of ether oxygens (including phenoxy) is 1. The molecule has 0 aliphatic rings. The molecule has 0 saturated heterocycles. The predicted molar refractivity (Wildman–Crippen MR) is 135 cm³/mol. The summed E-state index contributed by atoms with van der Waals surface area (Å²) < 4.78 is 25.8. The van der Waals surface area contributed by atoms with Crippen molar-refractivity contribution < 1.29 is 28.2 Å². The zero-order valence-corrected chi connectivity index (χ0v) is 20.0. The van der Waals surface area contributed by atoms with Gasteiger partial charge in [-0.25, -0.2) is 9.07 Å². The SMILES string of the molecule is O=C(CC(CCn1nnc2ccccc2c1=O)C(=O)O)c1cc2cc(OCc3cccc(F)c3)ccc2o1. The first-order valence-corrected chi connectivity index (χ1v) is 11.9. The van der Waals surface area contributed by atoms with Gasteiger partial charge < -0.3 is 14.3 Å². The Morgan fingerprint density at radius 2 is 1.89 bits per heavy atom. The molecule has 38 heavy (non-hydrogen) atoms. The lowest BCUT2D eigenvalue weighted by Crippen LogP contribution is -2.27. The van der Waals surface area contributed by atoms with Gasteiger partial charge in [-0.1, -0.05) is 29.5 Å². The normalized spacial score (nSPS) is 12.0. The van der Waals surface area contributed by atoms with E-state index in [1.807, 2.05) is 0 Å². The van der Waals surface area contributed by atoms with Gasteiger partial charge in [-0.3, -0.25) is 14.4 Å². The summed E-state index contributed by atoms with van der Waals surface area (Å²) in [6.45, 7) is 0.158. The van der Waals surface area contributed by atoms with Crippen LogP contribution in [-0.2, 0) is 17.9 Å². The summed E-state index contributed by atoms with van der Waals surface area (Å²) in [6, 6.07) is 19.4. The largest absolute Gasteiger partial charge is 0.489 e. The van der Waals surface area contributed by atoms with E-state index < -0.39 is 17.7 Å². The second-order valence-electron chi connectivity index (χ2n) is 8.81. The molecular formula is C28H22FN3O6. The predicted octanol–water partition coefficient (Wildman–Crippen LogP) is 4.62. The summed E-state index contributed by atoms with van der Waals surface area (Å²) >= 11 is 0. The summed E-state index contributed by atoms with van der Waals surface area (Å²) in [5, 5.41) is 18.5. The van der Waals surface area contributed by atoms with E-state index in [0.717, 1.165) is 4.68 Å². The number of carboxylic acid groups (broad SMARTS) is 1. The third-order valence-corrected chi connectivity index (χ3v) is 6.16. The van der Waals surface area contributed by atoms with Crippen LogP contribution in [0, 0.1) is 11.7 Å². The van der Waals surface area contributed by atoms with Crippen LogP contribution in [0.1, 0.15) is 29.0 Å². The van der Waals surface area contributed by atoms with Gasteiger partial charge in [0.1, 0.15) is 29.3 Å². The van der Waals surface area contributed by atoms with Crippen molar-refractivity contribution in [1.29, 1.82) is 0 Å².